The Morgan fingerprint density at radius 2 is 1.85 bits per heavy atom. The molecule has 10 heteroatoms. The number of halogens is 1. The second-order valence-corrected chi connectivity index (χ2v) is 9.23. The Balaban J connectivity index is 1.65. The highest BCUT2D eigenvalue weighted by Gasteiger charge is 2.25. The third-order valence-corrected chi connectivity index (χ3v) is 5.48. The average Bonchev–Trinajstić information content (AvgIpc) is 3.33. The highest BCUT2D eigenvalue weighted by atomic mass is 35.5. The van der Waals surface area contributed by atoms with Gasteiger partial charge in [0.1, 0.15) is 10.8 Å². The van der Waals surface area contributed by atoms with Crippen LogP contribution in [0, 0.1) is 0 Å². The summed E-state index contributed by atoms with van der Waals surface area (Å²) in [5.41, 5.74) is 3.22. The highest BCUT2D eigenvalue weighted by Crippen LogP contribution is 2.33. The quantitative estimate of drug-likeness (QED) is 0.376. The lowest BCUT2D eigenvalue weighted by Gasteiger charge is -2.14. The fraction of sp³-hybridized carbons (Fsp3) is 0.250. The normalized spacial score (nSPS) is 11.5. The van der Waals surface area contributed by atoms with Gasteiger partial charge < -0.3 is 20.4 Å². The monoisotopic (exact) mass is 480 g/mol. The summed E-state index contributed by atoms with van der Waals surface area (Å²) >= 11 is 6.54. The van der Waals surface area contributed by atoms with Gasteiger partial charge in [-0.25, -0.2) is 0 Å². The van der Waals surface area contributed by atoms with Crippen molar-refractivity contribution in [3.8, 4) is 17.1 Å². The molecule has 2 amide bonds. The number of methoxy groups -OCH3 is 1. The molecule has 0 aliphatic carbocycles. The molecule has 4 rings (SSSR count). The number of ether oxygens (including phenoxy) is 1. The summed E-state index contributed by atoms with van der Waals surface area (Å²) in [5, 5.41) is 15.1. The minimum absolute atomic E-state index is 0.216. The first kappa shape index (κ1) is 23.3. The van der Waals surface area contributed by atoms with Gasteiger partial charge in [-0.1, -0.05) is 38.4 Å². The maximum Gasteiger partial charge on any atom is 0.255 e. The number of fused-ring (bicyclic) bond motifs is 1. The Morgan fingerprint density at radius 3 is 2.50 bits per heavy atom. The van der Waals surface area contributed by atoms with Crippen molar-refractivity contribution in [2.75, 3.05) is 17.7 Å². The molecule has 0 bridgehead atoms. The van der Waals surface area contributed by atoms with Gasteiger partial charge in [0.2, 0.25) is 5.91 Å². The van der Waals surface area contributed by atoms with Crippen LogP contribution < -0.4 is 15.4 Å². The summed E-state index contributed by atoms with van der Waals surface area (Å²) in [6.45, 7) is 7.51. The molecule has 2 aromatic heterocycles. The molecule has 0 saturated heterocycles. The SMILES string of the molecule is COc1ccc(-c2nn3nc(C(C)(C)C)c(Cl)c3[nH]2)cc1NC(=O)c1cccc(NC(C)=O)c1. The van der Waals surface area contributed by atoms with E-state index >= 15 is 0 Å². The summed E-state index contributed by atoms with van der Waals surface area (Å²) in [7, 11) is 1.52. The molecule has 0 fully saturated rings. The van der Waals surface area contributed by atoms with E-state index in [2.05, 4.69) is 25.8 Å². The van der Waals surface area contributed by atoms with Crippen molar-refractivity contribution in [2.24, 2.45) is 0 Å². The van der Waals surface area contributed by atoms with Gasteiger partial charge >= 0.3 is 0 Å². The van der Waals surface area contributed by atoms with E-state index in [-0.39, 0.29) is 17.2 Å². The van der Waals surface area contributed by atoms with Crippen LogP contribution in [0.15, 0.2) is 42.5 Å². The maximum absolute atomic E-state index is 12.9. The minimum atomic E-state index is -0.352. The van der Waals surface area contributed by atoms with Gasteiger partial charge in [0, 0.05) is 29.2 Å². The number of rotatable bonds is 5. The van der Waals surface area contributed by atoms with Crippen molar-refractivity contribution in [3.05, 3.63) is 58.7 Å². The number of carbonyl (C=O) groups is 2. The molecule has 0 unspecified atom stereocenters. The molecule has 0 atom stereocenters. The number of nitrogens with one attached hydrogen (secondary N) is 3. The van der Waals surface area contributed by atoms with Crippen molar-refractivity contribution < 1.29 is 14.3 Å². The number of benzene rings is 2. The zero-order valence-electron chi connectivity index (χ0n) is 19.5. The van der Waals surface area contributed by atoms with E-state index < -0.39 is 0 Å². The first-order valence-electron chi connectivity index (χ1n) is 10.6. The number of hydrogen-bond acceptors (Lipinski definition) is 5. The molecule has 176 valence electrons. The second kappa shape index (κ2) is 8.83. The predicted molar refractivity (Wildman–Crippen MR) is 132 cm³/mol. The first-order chi connectivity index (χ1) is 16.1. The van der Waals surface area contributed by atoms with Crippen molar-refractivity contribution in [3.63, 3.8) is 0 Å². The molecule has 2 heterocycles. The third kappa shape index (κ3) is 4.60. The van der Waals surface area contributed by atoms with Gasteiger partial charge in [0.05, 0.1) is 18.5 Å². The number of carbonyl (C=O) groups excluding carboxylic acids is 2. The number of aromatic nitrogens is 4. The molecule has 34 heavy (non-hydrogen) atoms. The Labute approximate surface area is 201 Å². The van der Waals surface area contributed by atoms with E-state index in [4.69, 9.17) is 16.3 Å². The number of aromatic amines is 1. The molecule has 0 spiro atoms. The van der Waals surface area contributed by atoms with Crippen molar-refractivity contribution in [2.45, 2.75) is 33.1 Å². The van der Waals surface area contributed by atoms with E-state index in [0.29, 0.717) is 44.7 Å². The van der Waals surface area contributed by atoms with Crippen LogP contribution in [0.3, 0.4) is 0 Å². The van der Waals surface area contributed by atoms with Gasteiger partial charge in [0.15, 0.2) is 11.5 Å². The Morgan fingerprint density at radius 1 is 1.09 bits per heavy atom. The van der Waals surface area contributed by atoms with E-state index in [1.807, 2.05) is 26.8 Å². The number of nitrogens with zero attached hydrogens (tertiary/aromatic N) is 3. The number of hydrogen-bond donors (Lipinski definition) is 3. The molecule has 3 N–H and O–H groups in total. The summed E-state index contributed by atoms with van der Waals surface area (Å²) in [5.74, 6) is 0.455. The zero-order chi connectivity index (χ0) is 24.6. The third-order valence-electron chi connectivity index (χ3n) is 5.12. The lowest BCUT2D eigenvalue weighted by atomic mass is 9.92. The van der Waals surface area contributed by atoms with E-state index in [1.165, 1.54) is 18.7 Å². The largest absolute Gasteiger partial charge is 0.495 e. The van der Waals surface area contributed by atoms with E-state index in [9.17, 15) is 9.59 Å². The average molecular weight is 481 g/mol. The first-order valence-corrected chi connectivity index (χ1v) is 11.0. The van der Waals surface area contributed by atoms with Crippen LogP contribution in [0.1, 0.15) is 43.7 Å². The maximum atomic E-state index is 12.9. The van der Waals surface area contributed by atoms with Crippen LogP contribution in [0.5, 0.6) is 5.75 Å². The van der Waals surface area contributed by atoms with E-state index in [1.54, 1.807) is 36.4 Å². The van der Waals surface area contributed by atoms with Crippen LogP contribution in [0.4, 0.5) is 11.4 Å². The summed E-state index contributed by atoms with van der Waals surface area (Å²) < 4.78 is 6.90. The Bertz CT molecular complexity index is 1400. The van der Waals surface area contributed by atoms with Crippen molar-refractivity contribution >= 4 is 40.4 Å². The van der Waals surface area contributed by atoms with Gasteiger partial charge in [-0.3, -0.25) is 9.59 Å². The molecular weight excluding hydrogens is 456 g/mol. The Hall–Kier alpha value is -3.85. The van der Waals surface area contributed by atoms with E-state index in [0.717, 1.165) is 5.69 Å². The number of amides is 2. The molecule has 2 aromatic carbocycles. The molecule has 9 nitrogen and oxygen atoms in total. The van der Waals surface area contributed by atoms with Crippen LogP contribution in [-0.4, -0.2) is 38.7 Å². The fourth-order valence-corrected chi connectivity index (χ4v) is 3.94. The lowest BCUT2D eigenvalue weighted by molar-refractivity contribution is -0.114. The Kier molecular flexibility index (Phi) is 6.05. The van der Waals surface area contributed by atoms with Gasteiger partial charge in [0.25, 0.3) is 5.91 Å². The molecule has 4 aromatic rings. The number of anilines is 2. The van der Waals surface area contributed by atoms with Crippen molar-refractivity contribution in [1.29, 1.82) is 0 Å². The second-order valence-electron chi connectivity index (χ2n) is 8.86. The number of H-pyrrole nitrogens is 1. The predicted octanol–water partition coefficient (Wildman–Crippen LogP) is 4.89. The molecule has 0 aliphatic rings. The van der Waals surface area contributed by atoms with Gasteiger partial charge in [-0.05, 0) is 36.4 Å². The topological polar surface area (TPSA) is 113 Å². The van der Waals surface area contributed by atoms with Crippen LogP contribution in [0.2, 0.25) is 5.02 Å². The van der Waals surface area contributed by atoms with Crippen LogP contribution in [-0.2, 0) is 10.2 Å². The van der Waals surface area contributed by atoms with Gasteiger partial charge in [-0.15, -0.1) is 9.73 Å². The molecule has 0 radical (unpaired) electrons. The van der Waals surface area contributed by atoms with Crippen LogP contribution >= 0.6 is 11.6 Å². The smallest absolute Gasteiger partial charge is 0.255 e. The molecular formula is C24H25ClN6O3. The van der Waals surface area contributed by atoms with Crippen LogP contribution in [0.25, 0.3) is 17.0 Å². The lowest BCUT2D eigenvalue weighted by Crippen LogP contribution is -2.14. The zero-order valence-corrected chi connectivity index (χ0v) is 20.2. The summed E-state index contributed by atoms with van der Waals surface area (Å²) in [6, 6.07) is 12.0. The minimum Gasteiger partial charge on any atom is -0.495 e. The summed E-state index contributed by atoms with van der Waals surface area (Å²) in [6.07, 6.45) is 0. The van der Waals surface area contributed by atoms with Gasteiger partial charge in [-0.2, -0.15) is 5.10 Å². The standard InChI is InChI=1S/C24H25ClN6O3/c1-13(32)26-16-8-6-7-15(11-16)23(33)27-17-12-14(9-10-18(17)34-5)21-28-22-19(25)20(24(2,3)4)29-31(22)30-21/h6-12H,1-5H3,(H,26,32)(H,27,33)(H,28,30). The fourth-order valence-electron chi connectivity index (χ4n) is 3.50. The highest BCUT2D eigenvalue weighted by molar-refractivity contribution is 6.34. The molecule has 0 saturated carbocycles. The van der Waals surface area contributed by atoms with Crippen molar-refractivity contribution in [1.82, 2.24) is 19.8 Å². The molecule has 0 aliphatic heterocycles. The summed E-state index contributed by atoms with van der Waals surface area (Å²) in [4.78, 5) is 27.4.